The number of aromatic nitrogens is 1. The Hall–Kier alpha value is -3.02. The number of nitrogens with one attached hydrogen (secondary N) is 1. The van der Waals surface area contributed by atoms with Gasteiger partial charge in [-0.05, 0) is 42.8 Å². The quantitative estimate of drug-likeness (QED) is 0.414. The van der Waals surface area contributed by atoms with Crippen LogP contribution in [0.5, 0.6) is 11.5 Å². The number of hydrogen-bond donors (Lipinski definition) is 2. The van der Waals surface area contributed by atoms with E-state index in [0.29, 0.717) is 13.1 Å². The topological polar surface area (TPSA) is 55.6 Å². The summed E-state index contributed by atoms with van der Waals surface area (Å²) in [6.45, 7) is 1.87. The molecule has 3 aromatic carbocycles. The molecule has 5 nitrogen and oxygen atoms in total. The van der Waals surface area contributed by atoms with Crippen LogP contribution in [0.2, 0.25) is 0 Å². The Morgan fingerprint density at radius 1 is 0.867 bits per heavy atom. The van der Waals surface area contributed by atoms with Crippen LogP contribution in [0.25, 0.3) is 21.8 Å². The fourth-order valence-electron chi connectivity index (χ4n) is 4.01. The normalized spacial score (nSPS) is 12.4. The van der Waals surface area contributed by atoms with E-state index in [9.17, 15) is 5.11 Å². The van der Waals surface area contributed by atoms with Crippen molar-refractivity contribution in [1.82, 2.24) is 9.88 Å². The van der Waals surface area contributed by atoms with Crippen LogP contribution in [0.3, 0.4) is 0 Å². The molecule has 0 unspecified atom stereocenters. The maximum absolute atomic E-state index is 10.7. The van der Waals surface area contributed by atoms with Crippen molar-refractivity contribution < 1.29 is 14.6 Å². The number of aliphatic hydroxyl groups excluding tert-OH is 1. The number of benzene rings is 3. The number of hydrogen-bond acceptors (Lipinski definition) is 4. The molecule has 1 heterocycles. The molecule has 0 radical (unpaired) electrons. The van der Waals surface area contributed by atoms with Crippen LogP contribution in [0.4, 0.5) is 0 Å². The van der Waals surface area contributed by atoms with Crippen LogP contribution in [0, 0.1) is 0 Å². The second kappa shape index (κ2) is 9.20. The van der Waals surface area contributed by atoms with E-state index in [2.05, 4.69) is 46.3 Å². The summed E-state index contributed by atoms with van der Waals surface area (Å²) in [6, 6.07) is 22.7. The van der Waals surface area contributed by atoms with Gasteiger partial charge in [0.15, 0.2) is 11.5 Å². The molecule has 1 atom stereocenters. The molecule has 0 saturated heterocycles. The smallest absolute Gasteiger partial charge is 0.160 e. The molecule has 30 heavy (non-hydrogen) atoms. The Morgan fingerprint density at radius 3 is 2.13 bits per heavy atom. The van der Waals surface area contributed by atoms with Gasteiger partial charge in [0, 0.05) is 28.4 Å². The molecular weight excluding hydrogens is 376 g/mol. The highest BCUT2D eigenvalue weighted by Crippen LogP contribution is 2.29. The van der Waals surface area contributed by atoms with Crippen molar-refractivity contribution in [3.63, 3.8) is 0 Å². The van der Waals surface area contributed by atoms with Gasteiger partial charge in [0.25, 0.3) is 0 Å². The fraction of sp³-hybridized carbons (Fsp3) is 0.280. The predicted octanol–water partition coefficient (Wildman–Crippen LogP) is 4.00. The number of methoxy groups -OCH3 is 2. The summed E-state index contributed by atoms with van der Waals surface area (Å²) >= 11 is 0. The predicted molar refractivity (Wildman–Crippen MR) is 122 cm³/mol. The lowest BCUT2D eigenvalue weighted by Crippen LogP contribution is -2.31. The van der Waals surface area contributed by atoms with Crippen LogP contribution in [-0.4, -0.2) is 43.1 Å². The number of para-hydroxylation sites is 2. The van der Waals surface area contributed by atoms with Crippen LogP contribution in [0.1, 0.15) is 5.56 Å². The molecule has 0 aliphatic carbocycles. The van der Waals surface area contributed by atoms with Gasteiger partial charge in [-0.25, -0.2) is 0 Å². The SMILES string of the molecule is COc1ccc(CCNC[C@H](O)Cn2c3ccccc3c3ccccc32)cc1OC. The molecule has 0 saturated carbocycles. The van der Waals surface area contributed by atoms with Gasteiger partial charge in [-0.1, -0.05) is 42.5 Å². The second-order valence-corrected chi connectivity index (χ2v) is 7.44. The third-order valence-electron chi connectivity index (χ3n) is 5.49. The summed E-state index contributed by atoms with van der Waals surface area (Å²) in [4.78, 5) is 0. The van der Waals surface area contributed by atoms with Crippen molar-refractivity contribution in [2.45, 2.75) is 19.1 Å². The molecule has 4 rings (SSSR count). The first-order chi connectivity index (χ1) is 14.7. The van der Waals surface area contributed by atoms with Gasteiger partial charge in [-0.15, -0.1) is 0 Å². The minimum Gasteiger partial charge on any atom is -0.493 e. The number of nitrogens with zero attached hydrogens (tertiary/aromatic N) is 1. The molecule has 0 aliphatic rings. The third-order valence-corrected chi connectivity index (χ3v) is 5.49. The van der Waals surface area contributed by atoms with E-state index >= 15 is 0 Å². The molecule has 0 spiro atoms. The van der Waals surface area contributed by atoms with Crippen molar-refractivity contribution in [2.24, 2.45) is 0 Å². The highest BCUT2D eigenvalue weighted by molar-refractivity contribution is 6.07. The second-order valence-electron chi connectivity index (χ2n) is 7.44. The highest BCUT2D eigenvalue weighted by Gasteiger charge is 2.13. The highest BCUT2D eigenvalue weighted by atomic mass is 16.5. The Kier molecular flexibility index (Phi) is 6.21. The van der Waals surface area contributed by atoms with Crippen LogP contribution in [-0.2, 0) is 13.0 Å². The molecule has 0 aliphatic heterocycles. The lowest BCUT2D eigenvalue weighted by Gasteiger charge is -2.15. The van der Waals surface area contributed by atoms with E-state index in [1.54, 1.807) is 14.2 Å². The van der Waals surface area contributed by atoms with Gasteiger partial charge in [0.1, 0.15) is 0 Å². The number of ether oxygens (including phenoxy) is 2. The molecule has 0 fully saturated rings. The first-order valence-electron chi connectivity index (χ1n) is 10.3. The van der Waals surface area contributed by atoms with E-state index in [1.165, 1.54) is 10.8 Å². The zero-order chi connectivity index (χ0) is 20.9. The fourth-order valence-corrected chi connectivity index (χ4v) is 4.01. The maximum Gasteiger partial charge on any atom is 0.160 e. The standard InChI is InChI=1S/C25H28N2O3/c1-29-24-12-11-18(15-25(24)30-2)13-14-26-16-19(28)17-27-22-9-5-3-7-20(22)21-8-4-6-10-23(21)27/h3-12,15,19,26,28H,13-14,16-17H2,1-2H3/t19-/m0/s1. The average molecular weight is 405 g/mol. The Balaban J connectivity index is 1.37. The number of rotatable bonds is 9. The van der Waals surface area contributed by atoms with E-state index < -0.39 is 6.10 Å². The van der Waals surface area contributed by atoms with Crippen molar-refractivity contribution in [1.29, 1.82) is 0 Å². The van der Waals surface area contributed by atoms with E-state index in [-0.39, 0.29) is 0 Å². The van der Waals surface area contributed by atoms with E-state index in [4.69, 9.17) is 9.47 Å². The van der Waals surface area contributed by atoms with Gasteiger partial charge in [-0.3, -0.25) is 0 Å². The molecule has 1 aromatic heterocycles. The van der Waals surface area contributed by atoms with Crippen molar-refractivity contribution in [3.05, 3.63) is 72.3 Å². The molecular formula is C25H28N2O3. The largest absolute Gasteiger partial charge is 0.493 e. The van der Waals surface area contributed by atoms with Gasteiger partial charge in [0.05, 0.1) is 26.9 Å². The third kappa shape index (κ3) is 4.13. The summed E-state index contributed by atoms with van der Waals surface area (Å²) in [5.41, 5.74) is 3.48. The molecule has 5 heteroatoms. The van der Waals surface area contributed by atoms with Crippen molar-refractivity contribution in [2.75, 3.05) is 27.3 Å². The Bertz CT molecular complexity index is 1080. The maximum atomic E-state index is 10.7. The Morgan fingerprint density at radius 2 is 1.50 bits per heavy atom. The van der Waals surface area contributed by atoms with Crippen LogP contribution in [0.15, 0.2) is 66.7 Å². The minimum absolute atomic E-state index is 0.477. The van der Waals surface area contributed by atoms with Gasteiger partial charge < -0.3 is 24.5 Å². The van der Waals surface area contributed by atoms with Crippen LogP contribution < -0.4 is 14.8 Å². The molecule has 2 N–H and O–H groups in total. The zero-order valence-electron chi connectivity index (χ0n) is 17.5. The zero-order valence-corrected chi connectivity index (χ0v) is 17.5. The molecule has 156 valence electrons. The molecule has 4 aromatic rings. The van der Waals surface area contributed by atoms with Crippen molar-refractivity contribution in [3.8, 4) is 11.5 Å². The lowest BCUT2D eigenvalue weighted by molar-refractivity contribution is 0.154. The summed E-state index contributed by atoms with van der Waals surface area (Å²) < 4.78 is 12.9. The van der Waals surface area contributed by atoms with E-state index in [0.717, 1.165) is 41.1 Å². The van der Waals surface area contributed by atoms with E-state index in [1.807, 2.05) is 30.3 Å². The summed E-state index contributed by atoms with van der Waals surface area (Å²) in [5, 5.41) is 16.5. The molecule has 0 bridgehead atoms. The van der Waals surface area contributed by atoms with Gasteiger partial charge in [0.2, 0.25) is 0 Å². The first kappa shape index (κ1) is 20.3. The number of aliphatic hydroxyl groups is 1. The van der Waals surface area contributed by atoms with Gasteiger partial charge >= 0.3 is 0 Å². The average Bonchev–Trinajstić information content (AvgIpc) is 3.10. The summed E-state index contributed by atoms with van der Waals surface area (Å²) in [6.07, 6.45) is 0.372. The summed E-state index contributed by atoms with van der Waals surface area (Å²) in [5.74, 6) is 1.47. The van der Waals surface area contributed by atoms with Crippen molar-refractivity contribution >= 4 is 21.8 Å². The summed E-state index contributed by atoms with van der Waals surface area (Å²) in [7, 11) is 3.28. The number of fused-ring (bicyclic) bond motifs is 3. The Labute approximate surface area is 176 Å². The minimum atomic E-state index is -0.477. The lowest BCUT2D eigenvalue weighted by atomic mass is 10.1. The monoisotopic (exact) mass is 404 g/mol. The van der Waals surface area contributed by atoms with Gasteiger partial charge in [-0.2, -0.15) is 0 Å². The molecule has 0 amide bonds. The van der Waals surface area contributed by atoms with Crippen LogP contribution >= 0.6 is 0 Å². The first-order valence-corrected chi connectivity index (χ1v) is 10.3.